The summed E-state index contributed by atoms with van der Waals surface area (Å²) in [7, 11) is 0. The summed E-state index contributed by atoms with van der Waals surface area (Å²) in [4.78, 5) is 8.55. The molecule has 98 valence electrons. The van der Waals surface area contributed by atoms with Crippen molar-refractivity contribution in [1.29, 1.82) is 0 Å². The fourth-order valence-corrected chi connectivity index (χ4v) is 3.10. The molecule has 0 atom stereocenters. The Morgan fingerprint density at radius 2 is 1.95 bits per heavy atom. The number of nitrogen functional groups attached to an aromatic ring is 1. The molecular formula is C15H18N4. The van der Waals surface area contributed by atoms with Gasteiger partial charge in [0.2, 0.25) is 0 Å². The first-order valence-electron chi connectivity index (χ1n) is 7.07. The third kappa shape index (κ3) is 1.91. The Bertz CT molecular complexity index is 584. The molecule has 4 rings (SSSR count). The molecule has 2 aromatic rings. The summed E-state index contributed by atoms with van der Waals surface area (Å²) in [6, 6.07) is 4.59. The maximum absolute atomic E-state index is 6.01. The number of hydrogen-bond acceptors (Lipinski definition) is 3. The average molecular weight is 254 g/mol. The lowest BCUT2D eigenvalue weighted by molar-refractivity contribution is 0.398. The lowest BCUT2D eigenvalue weighted by Crippen LogP contribution is -2.14. The van der Waals surface area contributed by atoms with Crippen molar-refractivity contribution in [1.82, 2.24) is 14.5 Å². The normalized spacial score (nSPS) is 19.0. The summed E-state index contributed by atoms with van der Waals surface area (Å²) in [5.41, 5.74) is 8.14. The molecule has 2 aliphatic rings. The molecule has 0 spiro atoms. The van der Waals surface area contributed by atoms with Crippen LogP contribution in [0.3, 0.4) is 0 Å². The van der Waals surface area contributed by atoms with Crippen molar-refractivity contribution in [2.45, 2.75) is 31.7 Å². The Hall–Kier alpha value is -1.84. The molecule has 2 fully saturated rings. The number of imidazole rings is 1. The van der Waals surface area contributed by atoms with E-state index in [0.717, 1.165) is 23.1 Å². The molecule has 2 saturated carbocycles. The molecule has 0 radical (unpaired) electrons. The second kappa shape index (κ2) is 4.08. The molecule has 2 heterocycles. The lowest BCUT2D eigenvalue weighted by atomic mass is 10.1. The van der Waals surface area contributed by atoms with E-state index in [2.05, 4.69) is 14.5 Å². The van der Waals surface area contributed by atoms with E-state index in [1.807, 2.05) is 24.7 Å². The third-order valence-corrected chi connectivity index (χ3v) is 4.31. The Kier molecular flexibility index (Phi) is 2.37. The van der Waals surface area contributed by atoms with Crippen molar-refractivity contribution in [3.8, 4) is 11.3 Å². The molecule has 0 unspecified atom stereocenters. The zero-order valence-electron chi connectivity index (χ0n) is 10.9. The first kappa shape index (κ1) is 11.0. The van der Waals surface area contributed by atoms with E-state index in [-0.39, 0.29) is 0 Å². The van der Waals surface area contributed by atoms with Gasteiger partial charge in [-0.25, -0.2) is 9.97 Å². The van der Waals surface area contributed by atoms with Gasteiger partial charge in [-0.1, -0.05) is 0 Å². The predicted octanol–water partition coefficient (Wildman–Crippen LogP) is 2.89. The Morgan fingerprint density at radius 3 is 2.58 bits per heavy atom. The Labute approximate surface area is 112 Å². The Morgan fingerprint density at radius 1 is 1.21 bits per heavy atom. The first-order valence-corrected chi connectivity index (χ1v) is 7.07. The molecule has 4 nitrogen and oxygen atoms in total. The molecule has 2 N–H and O–H groups in total. The highest BCUT2D eigenvalue weighted by Crippen LogP contribution is 2.53. The van der Waals surface area contributed by atoms with Crippen molar-refractivity contribution >= 4 is 5.82 Å². The van der Waals surface area contributed by atoms with Gasteiger partial charge in [-0.2, -0.15) is 0 Å². The van der Waals surface area contributed by atoms with E-state index in [4.69, 9.17) is 5.73 Å². The van der Waals surface area contributed by atoms with E-state index in [1.165, 1.54) is 25.7 Å². The van der Waals surface area contributed by atoms with Gasteiger partial charge in [0.05, 0.1) is 18.2 Å². The van der Waals surface area contributed by atoms with Crippen molar-refractivity contribution in [3.63, 3.8) is 0 Å². The summed E-state index contributed by atoms with van der Waals surface area (Å²) in [5.74, 6) is 2.28. The molecule has 0 aliphatic heterocycles. The number of nitrogens with zero attached hydrogens (tertiary/aromatic N) is 3. The third-order valence-electron chi connectivity index (χ3n) is 4.31. The van der Waals surface area contributed by atoms with Crippen LogP contribution >= 0.6 is 0 Å². The van der Waals surface area contributed by atoms with Crippen molar-refractivity contribution < 1.29 is 0 Å². The van der Waals surface area contributed by atoms with Crippen molar-refractivity contribution in [3.05, 3.63) is 30.9 Å². The fourth-order valence-electron chi connectivity index (χ4n) is 3.10. The number of nitrogens with two attached hydrogens (primary N) is 1. The minimum Gasteiger partial charge on any atom is -0.383 e. The van der Waals surface area contributed by atoms with Crippen LogP contribution in [0.4, 0.5) is 5.82 Å². The first-order chi connectivity index (χ1) is 9.34. The molecule has 0 amide bonds. The largest absolute Gasteiger partial charge is 0.383 e. The van der Waals surface area contributed by atoms with E-state index in [0.29, 0.717) is 11.9 Å². The summed E-state index contributed by atoms with van der Waals surface area (Å²) in [5, 5.41) is 0. The summed E-state index contributed by atoms with van der Waals surface area (Å²) in [6.45, 7) is 0. The number of rotatable bonds is 4. The number of pyridine rings is 1. The van der Waals surface area contributed by atoms with Crippen LogP contribution in [0.25, 0.3) is 11.3 Å². The highest BCUT2D eigenvalue weighted by molar-refractivity contribution is 5.70. The van der Waals surface area contributed by atoms with Gasteiger partial charge in [-0.15, -0.1) is 0 Å². The fraction of sp³-hybridized carbons (Fsp3) is 0.467. The van der Waals surface area contributed by atoms with Crippen LogP contribution in [0, 0.1) is 11.8 Å². The van der Waals surface area contributed by atoms with Crippen LogP contribution in [0.2, 0.25) is 0 Å². The quantitative estimate of drug-likeness (QED) is 0.912. The second-order valence-electron chi connectivity index (χ2n) is 5.79. The minimum atomic E-state index is 0.592. The van der Waals surface area contributed by atoms with Gasteiger partial charge < -0.3 is 10.3 Å². The molecule has 4 heteroatoms. The van der Waals surface area contributed by atoms with Crippen molar-refractivity contribution in [2.75, 3.05) is 5.73 Å². The maximum Gasteiger partial charge on any atom is 0.132 e. The van der Waals surface area contributed by atoms with Gasteiger partial charge in [0.15, 0.2) is 0 Å². The SMILES string of the molecule is Nc1ncccc1-c1cncn1C(C1CC1)C1CC1. The summed E-state index contributed by atoms with van der Waals surface area (Å²) < 4.78 is 2.35. The summed E-state index contributed by atoms with van der Waals surface area (Å²) in [6.07, 6.45) is 11.1. The van der Waals surface area contributed by atoms with Gasteiger partial charge in [-0.3, -0.25) is 0 Å². The van der Waals surface area contributed by atoms with Gasteiger partial charge >= 0.3 is 0 Å². The average Bonchev–Trinajstić information content (AvgIpc) is 3.32. The molecule has 0 aromatic carbocycles. The van der Waals surface area contributed by atoms with Crippen LogP contribution in [-0.2, 0) is 0 Å². The number of aromatic nitrogens is 3. The minimum absolute atomic E-state index is 0.592. The van der Waals surface area contributed by atoms with E-state index < -0.39 is 0 Å². The molecular weight excluding hydrogens is 236 g/mol. The number of hydrogen-bond donors (Lipinski definition) is 1. The molecule has 2 aliphatic carbocycles. The topological polar surface area (TPSA) is 56.7 Å². The lowest BCUT2D eigenvalue weighted by Gasteiger charge is -2.20. The van der Waals surface area contributed by atoms with Gasteiger partial charge in [0.1, 0.15) is 5.82 Å². The highest BCUT2D eigenvalue weighted by atomic mass is 15.1. The van der Waals surface area contributed by atoms with Crippen LogP contribution in [0.1, 0.15) is 31.7 Å². The maximum atomic E-state index is 6.01. The monoisotopic (exact) mass is 254 g/mol. The molecule has 2 aromatic heterocycles. The number of anilines is 1. The van der Waals surface area contributed by atoms with E-state index in [9.17, 15) is 0 Å². The second-order valence-corrected chi connectivity index (χ2v) is 5.79. The summed E-state index contributed by atoms with van der Waals surface area (Å²) >= 11 is 0. The predicted molar refractivity (Wildman–Crippen MR) is 74.4 cm³/mol. The highest BCUT2D eigenvalue weighted by Gasteiger charge is 2.43. The van der Waals surface area contributed by atoms with Crippen LogP contribution < -0.4 is 5.73 Å². The molecule has 19 heavy (non-hydrogen) atoms. The zero-order chi connectivity index (χ0) is 12.8. The van der Waals surface area contributed by atoms with E-state index in [1.54, 1.807) is 6.20 Å². The van der Waals surface area contributed by atoms with Crippen LogP contribution in [0.5, 0.6) is 0 Å². The van der Waals surface area contributed by atoms with E-state index >= 15 is 0 Å². The van der Waals surface area contributed by atoms with Crippen LogP contribution in [0.15, 0.2) is 30.9 Å². The zero-order valence-corrected chi connectivity index (χ0v) is 10.9. The standard InChI is InChI=1S/C15H18N4/c16-15-12(2-1-7-18-15)13-8-17-9-19(13)14(10-3-4-10)11-5-6-11/h1-2,7-11,14H,3-6H2,(H2,16,18). The van der Waals surface area contributed by atoms with Gasteiger partial charge in [0.25, 0.3) is 0 Å². The molecule has 0 saturated heterocycles. The van der Waals surface area contributed by atoms with Crippen LogP contribution in [-0.4, -0.2) is 14.5 Å². The van der Waals surface area contributed by atoms with Crippen molar-refractivity contribution in [2.24, 2.45) is 11.8 Å². The Balaban J connectivity index is 1.78. The smallest absolute Gasteiger partial charge is 0.132 e. The van der Waals surface area contributed by atoms with Gasteiger partial charge in [-0.05, 0) is 49.7 Å². The van der Waals surface area contributed by atoms with Gasteiger partial charge in [0, 0.05) is 17.8 Å². The molecule has 0 bridgehead atoms.